The first-order valence-electron chi connectivity index (χ1n) is 11.6. The van der Waals surface area contributed by atoms with E-state index in [1.807, 2.05) is 25.2 Å². The fraction of sp³-hybridized carbons (Fsp3) is 0.481. The zero-order chi connectivity index (χ0) is 25.8. The third-order valence-electron chi connectivity index (χ3n) is 6.01. The minimum absolute atomic E-state index is 0.195. The molecule has 0 saturated heterocycles. The molecule has 2 aromatic rings. The van der Waals surface area contributed by atoms with Crippen LogP contribution in [0.1, 0.15) is 30.9 Å². The smallest absolute Gasteiger partial charge is 0.331 e. The molecule has 0 aromatic heterocycles. The highest BCUT2D eigenvalue weighted by molar-refractivity contribution is 5.87. The predicted molar refractivity (Wildman–Crippen MR) is 133 cm³/mol. The van der Waals surface area contributed by atoms with Gasteiger partial charge >= 0.3 is 5.97 Å². The summed E-state index contributed by atoms with van der Waals surface area (Å²) in [6.45, 7) is 3.45. The van der Waals surface area contributed by atoms with Crippen molar-refractivity contribution in [1.29, 1.82) is 5.26 Å². The number of nitriles is 1. The van der Waals surface area contributed by atoms with Gasteiger partial charge in [0.15, 0.2) is 28.4 Å². The minimum Gasteiger partial charge on any atom is -0.493 e. The van der Waals surface area contributed by atoms with E-state index in [1.165, 1.54) is 14.2 Å². The van der Waals surface area contributed by atoms with E-state index in [-0.39, 0.29) is 6.61 Å². The van der Waals surface area contributed by atoms with E-state index in [2.05, 4.69) is 11.0 Å². The van der Waals surface area contributed by atoms with Gasteiger partial charge < -0.3 is 28.6 Å². The third-order valence-corrected chi connectivity index (χ3v) is 6.01. The molecular formula is C27H36N2O6. The van der Waals surface area contributed by atoms with E-state index in [0.29, 0.717) is 47.9 Å². The molecule has 2 aromatic carbocycles. The molecule has 0 aliphatic heterocycles. The van der Waals surface area contributed by atoms with E-state index in [1.54, 1.807) is 39.3 Å². The van der Waals surface area contributed by atoms with Gasteiger partial charge in [0.2, 0.25) is 0 Å². The van der Waals surface area contributed by atoms with Crippen molar-refractivity contribution in [3.63, 3.8) is 0 Å². The molecule has 0 radical (unpaired) electrons. The lowest BCUT2D eigenvalue weighted by Crippen LogP contribution is -2.37. The molecule has 0 spiro atoms. The number of esters is 1. The molecule has 8 nitrogen and oxygen atoms in total. The van der Waals surface area contributed by atoms with Gasteiger partial charge in [0.25, 0.3) is 0 Å². The Labute approximate surface area is 208 Å². The first kappa shape index (κ1) is 27.8. The van der Waals surface area contributed by atoms with E-state index < -0.39 is 11.4 Å². The van der Waals surface area contributed by atoms with Crippen molar-refractivity contribution in [1.82, 2.24) is 4.90 Å². The van der Waals surface area contributed by atoms with Gasteiger partial charge in [0, 0.05) is 6.54 Å². The number of hydrogen-bond donors (Lipinski definition) is 0. The first-order chi connectivity index (χ1) is 16.9. The van der Waals surface area contributed by atoms with Gasteiger partial charge in [-0.05, 0) is 75.2 Å². The number of hydrogen-bond acceptors (Lipinski definition) is 8. The summed E-state index contributed by atoms with van der Waals surface area (Å²) in [6.07, 6.45) is 1.77. The molecule has 8 heteroatoms. The zero-order valence-corrected chi connectivity index (χ0v) is 21.6. The molecule has 1 atom stereocenters. The Morgan fingerprint density at radius 1 is 0.914 bits per heavy atom. The summed E-state index contributed by atoms with van der Waals surface area (Å²) in [6, 6.07) is 13.3. The highest BCUT2D eigenvalue weighted by Crippen LogP contribution is 2.37. The summed E-state index contributed by atoms with van der Waals surface area (Å²) in [5, 5.41) is 10.2. The van der Waals surface area contributed by atoms with Crippen molar-refractivity contribution in [3.8, 4) is 29.1 Å². The molecule has 35 heavy (non-hydrogen) atoms. The van der Waals surface area contributed by atoms with E-state index in [0.717, 1.165) is 18.5 Å². The molecule has 190 valence electrons. The Morgan fingerprint density at radius 3 is 2.09 bits per heavy atom. The minimum atomic E-state index is -1.43. The quantitative estimate of drug-likeness (QED) is 0.372. The predicted octanol–water partition coefficient (Wildman–Crippen LogP) is 4.00. The summed E-state index contributed by atoms with van der Waals surface area (Å²) >= 11 is 0. The van der Waals surface area contributed by atoms with Crippen LogP contribution < -0.4 is 18.9 Å². The fourth-order valence-corrected chi connectivity index (χ4v) is 3.97. The normalized spacial score (nSPS) is 12.4. The second kappa shape index (κ2) is 13.4. The molecule has 0 aliphatic carbocycles. The number of likely N-dealkylation sites (N-methyl/N-ethyl adjacent to an activating group) is 1. The van der Waals surface area contributed by atoms with Gasteiger partial charge in [0.05, 0.1) is 41.1 Å². The van der Waals surface area contributed by atoms with Crippen LogP contribution in [-0.2, 0) is 21.4 Å². The molecule has 0 heterocycles. The third kappa shape index (κ3) is 6.80. The molecule has 0 saturated carbocycles. The summed E-state index contributed by atoms with van der Waals surface area (Å²) in [7, 11) is 8.32. The largest absolute Gasteiger partial charge is 0.493 e. The van der Waals surface area contributed by atoms with Gasteiger partial charge in [-0.1, -0.05) is 12.1 Å². The zero-order valence-electron chi connectivity index (χ0n) is 21.6. The summed E-state index contributed by atoms with van der Waals surface area (Å²) in [4.78, 5) is 15.2. The van der Waals surface area contributed by atoms with Crippen LogP contribution >= 0.6 is 0 Å². The van der Waals surface area contributed by atoms with Crippen LogP contribution in [0.25, 0.3) is 0 Å². The summed E-state index contributed by atoms with van der Waals surface area (Å²) in [5.74, 6) is 1.84. The van der Waals surface area contributed by atoms with Crippen LogP contribution in [-0.4, -0.2) is 66.1 Å². The number of nitrogens with zero attached hydrogens (tertiary/aromatic N) is 2. The van der Waals surface area contributed by atoms with Crippen LogP contribution in [0.4, 0.5) is 0 Å². The van der Waals surface area contributed by atoms with Crippen molar-refractivity contribution in [2.45, 2.75) is 31.6 Å². The van der Waals surface area contributed by atoms with Crippen molar-refractivity contribution in [2.24, 2.45) is 0 Å². The van der Waals surface area contributed by atoms with Crippen LogP contribution in [0.3, 0.4) is 0 Å². The SMILES string of the molecule is CCOC(=O)C(C#N)(CCCN(C)CCc1ccc(OC)c(OC)c1)c1ccc(OC)c(OC)c1. The van der Waals surface area contributed by atoms with E-state index in [4.69, 9.17) is 23.7 Å². The molecule has 1 unspecified atom stereocenters. The Balaban J connectivity index is 2.10. The number of rotatable bonds is 14. The maximum atomic E-state index is 13.0. The average molecular weight is 485 g/mol. The van der Waals surface area contributed by atoms with Gasteiger partial charge in [-0.15, -0.1) is 0 Å². The molecule has 0 amide bonds. The average Bonchev–Trinajstić information content (AvgIpc) is 2.89. The van der Waals surface area contributed by atoms with Crippen LogP contribution in [0.5, 0.6) is 23.0 Å². The molecule has 0 bridgehead atoms. The number of ether oxygens (including phenoxy) is 5. The van der Waals surface area contributed by atoms with Crippen molar-refractivity contribution in [3.05, 3.63) is 47.5 Å². The standard InChI is InChI=1S/C27H36N2O6/c1-7-35-26(30)27(19-28,21-10-12-23(32-4)25(18-21)34-6)14-8-15-29(2)16-13-20-9-11-22(31-3)24(17-20)33-5/h9-12,17-18H,7-8,13-16H2,1-6H3. The second-order valence-electron chi connectivity index (χ2n) is 8.15. The number of carbonyl (C=O) groups is 1. The van der Waals surface area contributed by atoms with Crippen molar-refractivity contribution >= 4 is 5.97 Å². The monoisotopic (exact) mass is 484 g/mol. The molecule has 0 fully saturated rings. The van der Waals surface area contributed by atoms with E-state index >= 15 is 0 Å². The maximum absolute atomic E-state index is 13.0. The topological polar surface area (TPSA) is 90.3 Å². The second-order valence-corrected chi connectivity index (χ2v) is 8.15. The Hall–Kier alpha value is -3.44. The maximum Gasteiger partial charge on any atom is 0.331 e. The van der Waals surface area contributed by atoms with Crippen LogP contribution in [0.2, 0.25) is 0 Å². The van der Waals surface area contributed by atoms with Gasteiger partial charge in [0.1, 0.15) is 0 Å². The first-order valence-corrected chi connectivity index (χ1v) is 11.6. The number of benzene rings is 2. The molecule has 0 N–H and O–H groups in total. The lowest BCUT2D eigenvalue weighted by Gasteiger charge is -2.27. The lowest BCUT2D eigenvalue weighted by atomic mass is 9.77. The van der Waals surface area contributed by atoms with Crippen LogP contribution in [0.15, 0.2) is 36.4 Å². The molecular weight excluding hydrogens is 448 g/mol. The van der Waals surface area contributed by atoms with Crippen LogP contribution in [0, 0.1) is 11.3 Å². The molecule has 0 aliphatic rings. The Bertz CT molecular complexity index is 1020. The fourth-order valence-electron chi connectivity index (χ4n) is 3.97. The highest BCUT2D eigenvalue weighted by Gasteiger charge is 2.42. The van der Waals surface area contributed by atoms with Crippen molar-refractivity contribution in [2.75, 3.05) is 55.2 Å². The number of carbonyl (C=O) groups excluding carboxylic acids is 1. The summed E-state index contributed by atoms with van der Waals surface area (Å²) < 4.78 is 26.7. The molecule has 2 rings (SSSR count). The van der Waals surface area contributed by atoms with Gasteiger partial charge in [-0.2, -0.15) is 5.26 Å². The van der Waals surface area contributed by atoms with E-state index in [9.17, 15) is 10.1 Å². The van der Waals surface area contributed by atoms with Gasteiger partial charge in [-0.3, -0.25) is 0 Å². The summed E-state index contributed by atoms with van der Waals surface area (Å²) in [5.41, 5.74) is 0.238. The number of methoxy groups -OCH3 is 4. The highest BCUT2D eigenvalue weighted by atomic mass is 16.5. The Kier molecular flexibility index (Phi) is 10.7. The van der Waals surface area contributed by atoms with Gasteiger partial charge in [-0.25, -0.2) is 4.79 Å². The lowest BCUT2D eigenvalue weighted by molar-refractivity contribution is -0.148. The Morgan fingerprint density at radius 2 is 1.51 bits per heavy atom. The van der Waals surface area contributed by atoms with Crippen molar-refractivity contribution < 1.29 is 28.5 Å².